The minimum atomic E-state index is -0.894. The maximum absolute atomic E-state index is 13.0. The van der Waals surface area contributed by atoms with Gasteiger partial charge in [0.15, 0.2) is 17.2 Å². The zero-order valence-electron chi connectivity index (χ0n) is 19.0. The van der Waals surface area contributed by atoms with Gasteiger partial charge < -0.3 is 29.0 Å². The monoisotopic (exact) mass is 450 g/mol. The van der Waals surface area contributed by atoms with Crippen molar-refractivity contribution >= 4 is 17.8 Å². The van der Waals surface area contributed by atoms with Gasteiger partial charge in [0.1, 0.15) is 18.2 Å². The quantitative estimate of drug-likeness (QED) is 0.687. The molecule has 0 aliphatic carbocycles. The average molecular weight is 450 g/mol. The lowest BCUT2D eigenvalue weighted by Gasteiger charge is -2.27. The highest BCUT2D eigenvalue weighted by molar-refractivity contribution is 5.98. The number of hydrogen-bond acceptors (Lipinski definition) is 9. The van der Waals surface area contributed by atoms with Crippen molar-refractivity contribution in [3.05, 3.63) is 18.0 Å². The highest BCUT2D eigenvalue weighted by Crippen LogP contribution is 2.34. The molecule has 0 spiro atoms. The molecule has 0 bridgehead atoms. The Balaban J connectivity index is 1.77. The predicted molar refractivity (Wildman–Crippen MR) is 111 cm³/mol. The maximum Gasteiger partial charge on any atom is 0.329 e. The molecule has 2 saturated heterocycles. The summed E-state index contributed by atoms with van der Waals surface area (Å²) in [7, 11) is 1.38. The number of amides is 1. The van der Waals surface area contributed by atoms with Crippen LogP contribution in [-0.4, -0.2) is 60.1 Å². The van der Waals surface area contributed by atoms with E-state index in [1.807, 2.05) is 13.8 Å². The Bertz CT molecular complexity index is 871. The number of carbonyl (C=O) groups is 3. The molecule has 176 valence electrons. The number of esters is 2. The minimum absolute atomic E-state index is 0.108. The van der Waals surface area contributed by atoms with Crippen LogP contribution in [0.4, 0.5) is 0 Å². The average Bonchev–Trinajstić information content (AvgIpc) is 3.03. The number of nitrogens with zero attached hydrogens (tertiary/aromatic N) is 1. The molecule has 10 heteroatoms. The molecular weight excluding hydrogens is 420 g/mol. The molecule has 10 nitrogen and oxygen atoms in total. The lowest BCUT2D eigenvalue weighted by molar-refractivity contribution is -0.170. The maximum atomic E-state index is 13.0. The van der Waals surface area contributed by atoms with Gasteiger partial charge in [0.25, 0.3) is 5.91 Å². The zero-order valence-corrected chi connectivity index (χ0v) is 19.0. The molecule has 1 N–H and O–H groups in total. The summed E-state index contributed by atoms with van der Waals surface area (Å²) in [5.41, 5.74) is -0.160. The van der Waals surface area contributed by atoms with Gasteiger partial charge in [0.05, 0.1) is 13.2 Å². The molecule has 3 heterocycles. The van der Waals surface area contributed by atoms with Crippen LogP contribution in [0.2, 0.25) is 0 Å². The second-order valence-corrected chi connectivity index (χ2v) is 8.38. The number of ether oxygens (including phenoxy) is 5. The van der Waals surface area contributed by atoms with Crippen molar-refractivity contribution < 1.29 is 38.1 Å². The lowest BCUT2D eigenvalue weighted by atomic mass is 9.99. The topological polar surface area (TPSA) is 122 Å². The summed E-state index contributed by atoms with van der Waals surface area (Å²) in [6.45, 7) is 6.62. The third-order valence-electron chi connectivity index (χ3n) is 5.36. The number of fused-ring (bicyclic) bond motifs is 1. The molecule has 0 saturated carbocycles. The molecule has 0 aromatic carbocycles. The fourth-order valence-corrected chi connectivity index (χ4v) is 3.98. The first-order valence-corrected chi connectivity index (χ1v) is 10.7. The van der Waals surface area contributed by atoms with Crippen molar-refractivity contribution in [1.82, 2.24) is 10.3 Å². The molecule has 2 fully saturated rings. The van der Waals surface area contributed by atoms with E-state index in [0.717, 1.165) is 12.8 Å². The number of nitrogens with one attached hydrogen (secondary N) is 1. The smallest absolute Gasteiger partial charge is 0.329 e. The van der Waals surface area contributed by atoms with Crippen molar-refractivity contribution in [1.29, 1.82) is 0 Å². The first-order valence-electron chi connectivity index (χ1n) is 10.7. The van der Waals surface area contributed by atoms with Crippen molar-refractivity contribution in [3.8, 4) is 11.5 Å². The molecule has 3 rings (SSSR count). The zero-order chi connectivity index (χ0) is 23.5. The molecule has 4 atom stereocenters. The Morgan fingerprint density at radius 2 is 1.94 bits per heavy atom. The van der Waals surface area contributed by atoms with Gasteiger partial charge in [-0.25, -0.2) is 9.78 Å². The van der Waals surface area contributed by atoms with Crippen LogP contribution in [0, 0.1) is 0 Å². The van der Waals surface area contributed by atoms with Crippen molar-refractivity contribution in [2.75, 3.05) is 7.11 Å². The normalized spacial score (nSPS) is 27.6. The third-order valence-corrected chi connectivity index (χ3v) is 5.36. The van der Waals surface area contributed by atoms with Crippen molar-refractivity contribution in [3.63, 3.8) is 0 Å². The molecular formula is C22H30N2O8. The number of carbonyl (C=O) groups excluding carboxylic acids is 3. The minimum Gasteiger partial charge on any atom is -0.493 e. The van der Waals surface area contributed by atoms with E-state index in [1.54, 1.807) is 6.92 Å². The summed E-state index contributed by atoms with van der Waals surface area (Å²) in [5.74, 6) is -2.56. The van der Waals surface area contributed by atoms with Gasteiger partial charge in [0.2, 0.25) is 5.75 Å². The largest absolute Gasteiger partial charge is 0.493 e. The fourth-order valence-electron chi connectivity index (χ4n) is 3.98. The molecule has 2 aliphatic heterocycles. The summed E-state index contributed by atoms with van der Waals surface area (Å²) >= 11 is 0. The van der Waals surface area contributed by atoms with Crippen LogP contribution in [0.25, 0.3) is 0 Å². The third kappa shape index (κ3) is 5.55. The molecule has 2 aliphatic rings. The molecule has 1 aromatic rings. The Labute approximate surface area is 186 Å². The molecule has 32 heavy (non-hydrogen) atoms. The highest BCUT2D eigenvalue weighted by Gasteiger charge is 2.45. The highest BCUT2D eigenvalue weighted by atomic mass is 16.8. The van der Waals surface area contributed by atoms with E-state index in [0.29, 0.717) is 12.8 Å². The van der Waals surface area contributed by atoms with Gasteiger partial charge in [-0.15, -0.1) is 0 Å². The number of cyclic esters (lactones) is 1. The van der Waals surface area contributed by atoms with Crippen LogP contribution in [0.15, 0.2) is 12.3 Å². The number of aromatic nitrogens is 1. The van der Waals surface area contributed by atoms with Crippen molar-refractivity contribution in [2.24, 2.45) is 0 Å². The number of methoxy groups -OCH3 is 1. The predicted octanol–water partition coefficient (Wildman–Crippen LogP) is 2.14. The molecule has 0 unspecified atom stereocenters. The van der Waals surface area contributed by atoms with E-state index >= 15 is 0 Å². The molecule has 1 amide bonds. The Hall–Kier alpha value is -2.72. The summed E-state index contributed by atoms with van der Waals surface area (Å²) in [4.78, 5) is 41.4. The lowest BCUT2D eigenvalue weighted by Crippen LogP contribution is -2.46. The molecule has 0 radical (unpaired) electrons. The van der Waals surface area contributed by atoms with Crippen LogP contribution < -0.4 is 14.8 Å². The standard InChI is InChI=1S/C22H30N2O8/c1-12-18-16(31-22(3,4)32-18)9-7-6-8-14(21(27)29-12)24-20(26)17-19(30-13(2)25)15(28-5)10-11-23-17/h10-12,14,16,18H,6-9H2,1-5H3,(H,24,26)/t12-,14-,16-,18-/m0/s1. The van der Waals surface area contributed by atoms with Gasteiger partial charge in [0, 0.05) is 19.2 Å². The van der Waals surface area contributed by atoms with Gasteiger partial charge >= 0.3 is 11.9 Å². The first kappa shape index (κ1) is 23.9. The SMILES string of the molecule is COc1ccnc(C(=O)N[C@H]2CCCC[C@@H]3OC(C)(C)O[C@H]3[C@H](C)OC2=O)c1OC(C)=O. The molecule has 1 aromatic heterocycles. The number of hydrogen-bond donors (Lipinski definition) is 1. The second-order valence-electron chi connectivity index (χ2n) is 8.38. The van der Waals surface area contributed by atoms with E-state index in [4.69, 9.17) is 23.7 Å². The summed E-state index contributed by atoms with van der Waals surface area (Å²) in [6, 6.07) is 0.575. The Morgan fingerprint density at radius 1 is 1.22 bits per heavy atom. The first-order chi connectivity index (χ1) is 15.1. The van der Waals surface area contributed by atoms with E-state index in [-0.39, 0.29) is 29.4 Å². The van der Waals surface area contributed by atoms with E-state index in [2.05, 4.69) is 10.3 Å². The van der Waals surface area contributed by atoms with Gasteiger partial charge in [-0.2, -0.15) is 0 Å². The number of pyridine rings is 1. The fraction of sp³-hybridized carbons (Fsp3) is 0.636. The summed E-state index contributed by atoms with van der Waals surface area (Å²) < 4.78 is 27.9. The van der Waals surface area contributed by atoms with E-state index < -0.39 is 35.8 Å². The van der Waals surface area contributed by atoms with Gasteiger partial charge in [-0.05, 0) is 33.6 Å². The van der Waals surface area contributed by atoms with E-state index in [1.165, 1.54) is 26.3 Å². The van der Waals surface area contributed by atoms with Crippen LogP contribution in [0.3, 0.4) is 0 Å². The van der Waals surface area contributed by atoms with Crippen LogP contribution in [-0.2, 0) is 23.8 Å². The Kier molecular flexibility index (Phi) is 7.35. The van der Waals surface area contributed by atoms with Crippen LogP contribution in [0.1, 0.15) is 63.9 Å². The Morgan fingerprint density at radius 3 is 2.62 bits per heavy atom. The van der Waals surface area contributed by atoms with E-state index in [9.17, 15) is 14.4 Å². The van der Waals surface area contributed by atoms with Crippen LogP contribution in [0.5, 0.6) is 11.5 Å². The number of rotatable bonds is 4. The van der Waals surface area contributed by atoms with Gasteiger partial charge in [-0.1, -0.05) is 12.8 Å². The van der Waals surface area contributed by atoms with Crippen LogP contribution >= 0.6 is 0 Å². The second kappa shape index (κ2) is 9.83. The van der Waals surface area contributed by atoms with Crippen molar-refractivity contribution in [2.45, 2.75) is 83.5 Å². The summed E-state index contributed by atoms with van der Waals surface area (Å²) in [5, 5.41) is 2.67. The van der Waals surface area contributed by atoms with Gasteiger partial charge in [-0.3, -0.25) is 9.59 Å². The summed E-state index contributed by atoms with van der Waals surface area (Å²) in [6.07, 6.45) is 2.85.